The first kappa shape index (κ1) is 19.8. The molecule has 3 nitrogen and oxygen atoms in total. The van der Waals surface area contributed by atoms with Gasteiger partial charge in [0, 0.05) is 36.2 Å². The Bertz CT molecular complexity index is 882. The van der Waals surface area contributed by atoms with Gasteiger partial charge in [0.15, 0.2) is 0 Å². The van der Waals surface area contributed by atoms with Crippen LogP contribution in [0.3, 0.4) is 0 Å². The Hall–Kier alpha value is -2.46. The van der Waals surface area contributed by atoms with Crippen molar-refractivity contribution in [2.75, 3.05) is 18.5 Å². The summed E-state index contributed by atoms with van der Waals surface area (Å²) in [7, 11) is 0. The number of anilines is 2. The second-order valence-electron chi connectivity index (χ2n) is 8.46. The normalized spacial score (nSPS) is 24.7. The first-order valence-electron chi connectivity index (χ1n) is 10.5. The first-order chi connectivity index (χ1) is 14.0. The van der Waals surface area contributed by atoms with Gasteiger partial charge in [0.2, 0.25) is 0 Å². The molecule has 0 spiro atoms. The molecule has 4 heteroatoms. The van der Waals surface area contributed by atoms with Crippen LogP contribution in [0, 0.1) is 30.0 Å². The van der Waals surface area contributed by atoms with Crippen LogP contribution in [0.25, 0.3) is 0 Å². The molecular formula is C25H29FN2O. The third kappa shape index (κ3) is 4.43. The maximum atomic E-state index is 13.2. The van der Waals surface area contributed by atoms with E-state index in [1.165, 1.54) is 28.8 Å². The van der Waals surface area contributed by atoms with Crippen LogP contribution in [-0.2, 0) is 4.74 Å². The second kappa shape index (κ2) is 8.50. The number of ether oxygens (including phenoxy) is 1. The average molecular weight is 393 g/mol. The van der Waals surface area contributed by atoms with Crippen LogP contribution in [0.2, 0.25) is 0 Å². The first-order valence-corrected chi connectivity index (χ1v) is 10.5. The van der Waals surface area contributed by atoms with E-state index in [1.807, 2.05) is 6.07 Å². The van der Waals surface area contributed by atoms with Gasteiger partial charge in [-0.05, 0) is 85.9 Å². The molecule has 2 N–H and O–H groups in total. The van der Waals surface area contributed by atoms with Crippen molar-refractivity contribution in [3.05, 3.63) is 71.6 Å². The van der Waals surface area contributed by atoms with Crippen molar-refractivity contribution in [1.82, 2.24) is 0 Å². The molecule has 1 aliphatic carbocycles. The number of hydrogen-bond acceptors (Lipinski definition) is 3. The molecule has 4 rings (SSSR count). The summed E-state index contributed by atoms with van der Waals surface area (Å²) in [5.74, 6) is 0.831. The van der Waals surface area contributed by atoms with E-state index in [4.69, 9.17) is 10.1 Å². The van der Waals surface area contributed by atoms with Crippen LogP contribution in [0.15, 0.2) is 54.6 Å². The van der Waals surface area contributed by atoms with E-state index < -0.39 is 0 Å². The molecule has 152 valence electrons. The van der Waals surface area contributed by atoms with E-state index in [0.717, 1.165) is 56.0 Å². The fourth-order valence-corrected chi connectivity index (χ4v) is 4.74. The summed E-state index contributed by atoms with van der Waals surface area (Å²) in [5.41, 5.74) is 6.35. The molecule has 0 aromatic heterocycles. The lowest BCUT2D eigenvalue weighted by molar-refractivity contribution is 0.183. The Kier molecular flexibility index (Phi) is 5.81. The highest BCUT2D eigenvalue weighted by Crippen LogP contribution is 2.42. The number of nitrogens with one attached hydrogen (secondary N) is 2. The van der Waals surface area contributed by atoms with Gasteiger partial charge >= 0.3 is 0 Å². The van der Waals surface area contributed by atoms with Crippen molar-refractivity contribution in [1.29, 1.82) is 5.41 Å². The SMILES string of the molecule is C=C1CC(c2cccc(Nc3ccc(F)cc3)c2C)CC(=N)C1CC1CCOC1. The summed E-state index contributed by atoms with van der Waals surface area (Å²) in [5, 5.41) is 12.1. The topological polar surface area (TPSA) is 45.1 Å². The van der Waals surface area contributed by atoms with E-state index >= 15 is 0 Å². The minimum absolute atomic E-state index is 0.207. The number of hydrogen-bond donors (Lipinski definition) is 2. The van der Waals surface area contributed by atoms with Gasteiger partial charge in [-0.1, -0.05) is 24.3 Å². The molecule has 3 atom stereocenters. The predicted octanol–water partition coefficient (Wildman–Crippen LogP) is 6.37. The smallest absolute Gasteiger partial charge is 0.123 e. The lowest BCUT2D eigenvalue weighted by atomic mass is 9.71. The molecule has 0 amide bonds. The molecule has 1 aliphatic heterocycles. The molecule has 2 aromatic carbocycles. The highest BCUT2D eigenvalue weighted by Gasteiger charge is 2.33. The zero-order chi connectivity index (χ0) is 20.4. The molecular weight excluding hydrogens is 363 g/mol. The van der Waals surface area contributed by atoms with E-state index in [2.05, 4.69) is 31.0 Å². The van der Waals surface area contributed by atoms with Crippen molar-refractivity contribution >= 4 is 17.1 Å². The van der Waals surface area contributed by atoms with Gasteiger partial charge in [-0.25, -0.2) is 4.39 Å². The molecule has 2 fully saturated rings. The number of rotatable bonds is 5. The fourth-order valence-electron chi connectivity index (χ4n) is 4.74. The molecule has 2 aromatic rings. The molecule has 0 radical (unpaired) electrons. The van der Waals surface area contributed by atoms with Crippen LogP contribution < -0.4 is 5.32 Å². The van der Waals surface area contributed by atoms with Crippen LogP contribution >= 0.6 is 0 Å². The van der Waals surface area contributed by atoms with E-state index in [1.54, 1.807) is 12.1 Å². The molecule has 1 saturated carbocycles. The van der Waals surface area contributed by atoms with Crippen LogP contribution in [0.5, 0.6) is 0 Å². The third-order valence-corrected chi connectivity index (χ3v) is 6.42. The minimum atomic E-state index is -0.237. The number of allylic oxidation sites excluding steroid dienone is 1. The average Bonchev–Trinajstić information content (AvgIpc) is 3.21. The second-order valence-corrected chi connectivity index (χ2v) is 8.46. The van der Waals surface area contributed by atoms with Crippen molar-refractivity contribution in [3.63, 3.8) is 0 Å². The summed E-state index contributed by atoms with van der Waals surface area (Å²) in [6.45, 7) is 8.16. The largest absolute Gasteiger partial charge is 0.381 e. The van der Waals surface area contributed by atoms with Crippen molar-refractivity contribution in [3.8, 4) is 0 Å². The van der Waals surface area contributed by atoms with Crippen molar-refractivity contribution in [2.24, 2.45) is 11.8 Å². The Morgan fingerprint density at radius 2 is 1.97 bits per heavy atom. The van der Waals surface area contributed by atoms with Crippen molar-refractivity contribution in [2.45, 2.75) is 38.5 Å². The fraction of sp³-hybridized carbons (Fsp3) is 0.400. The monoisotopic (exact) mass is 392 g/mol. The number of halogens is 1. The predicted molar refractivity (Wildman–Crippen MR) is 117 cm³/mol. The standard InChI is InChI=1S/C25H29FN2O/c1-16-12-19(14-24(27)23(16)13-18-10-11-29-15-18)22-4-3-5-25(17(22)2)28-21-8-6-20(26)7-9-21/h3-9,18-19,23,27-28H,1,10-15H2,2H3. The minimum Gasteiger partial charge on any atom is -0.381 e. The summed E-state index contributed by atoms with van der Waals surface area (Å²) < 4.78 is 18.7. The lowest BCUT2D eigenvalue weighted by Gasteiger charge is -2.34. The van der Waals surface area contributed by atoms with Gasteiger partial charge in [-0.2, -0.15) is 0 Å². The molecule has 0 bridgehead atoms. The van der Waals surface area contributed by atoms with Gasteiger partial charge in [0.25, 0.3) is 0 Å². The Labute approximate surface area is 172 Å². The third-order valence-electron chi connectivity index (χ3n) is 6.42. The lowest BCUT2D eigenvalue weighted by Crippen LogP contribution is -2.28. The summed E-state index contributed by atoms with van der Waals surface area (Å²) in [6.07, 6.45) is 3.84. The maximum absolute atomic E-state index is 13.2. The van der Waals surface area contributed by atoms with E-state index in [9.17, 15) is 4.39 Å². The molecule has 3 unspecified atom stereocenters. The highest BCUT2D eigenvalue weighted by molar-refractivity contribution is 5.88. The Balaban J connectivity index is 1.49. The summed E-state index contributed by atoms with van der Waals surface area (Å²) in [6, 6.07) is 12.7. The van der Waals surface area contributed by atoms with Gasteiger partial charge in [-0.3, -0.25) is 0 Å². The Morgan fingerprint density at radius 1 is 1.17 bits per heavy atom. The van der Waals surface area contributed by atoms with Gasteiger partial charge in [0.05, 0.1) is 0 Å². The molecule has 1 heterocycles. The van der Waals surface area contributed by atoms with E-state index in [0.29, 0.717) is 11.8 Å². The van der Waals surface area contributed by atoms with Gasteiger partial charge < -0.3 is 15.5 Å². The summed E-state index contributed by atoms with van der Waals surface area (Å²) >= 11 is 0. The maximum Gasteiger partial charge on any atom is 0.123 e. The molecule has 29 heavy (non-hydrogen) atoms. The quantitative estimate of drug-likeness (QED) is 0.580. The van der Waals surface area contributed by atoms with E-state index in [-0.39, 0.29) is 11.7 Å². The van der Waals surface area contributed by atoms with Crippen LogP contribution in [0.1, 0.15) is 42.7 Å². The Morgan fingerprint density at radius 3 is 2.66 bits per heavy atom. The number of benzene rings is 2. The van der Waals surface area contributed by atoms with Gasteiger partial charge in [-0.15, -0.1) is 0 Å². The van der Waals surface area contributed by atoms with Gasteiger partial charge in [0.1, 0.15) is 5.82 Å². The molecule has 2 aliphatic rings. The summed E-state index contributed by atoms with van der Waals surface area (Å²) in [4.78, 5) is 0. The van der Waals surface area contributed by atoms with Crippen molar-refractivity contribution < 1.29 is 9.13 Å². The van der Waals surface area contributed by atoms with Crippen LogP contribution in [0.4, 0.5) is 15.8 Å². The zero-order valence-corrected chi connectivity index (χ0v) is 17.0. The zero-order valence-electron chi connectivity index (χ0n) is 17.0. The molecule has 1 saturated heterocycles. The van der Waals surface area contributed by atoms with Crippen LogP contribution in [-0.4, -0.2) is 18.9 Å². The highest BCUT2D eigenvalue weighted by atomic mass is 19.1.